The quantitative estimate of drug-likeness (QED) is 0.825. The smallest absolute Gasteiger partial charge is 0.276 e. The summed E-state index contributed by atoms with van der Waals surface area (Å²) in [6.07, 6.45) is 0. The van der Waals surface area contributed by atoms with Crippen molar-refractivity contribution in [2.45, 2.75) is 0 Å². The van der Waals surface area contributed by atoms with Crippen LogP contribution in [0.15, 0.2) is 58.7 Å². The molecule has 2 aromatic carbocycles. The van der Waals surface area contributed by atoms with E-state index in [0.29, 0.717) is 27.1 Å². The normalized spacial score (nSPS) is 19.6. The largest absolute Gasteiger partial charge is 0.320 e. The number of anilines is 2. The topological polar surface area (TPSA) is 74.1 Å². The predicted molar refractivity (Wildman–Crippen MR) is 100 cm³/mol. The van der Waals surface area contributed by atoms with E-state index < -0.39 is 0 Å². The van der Waals surface area contributed by atoms with Crippen molar-refractivity contribution in [2.24, 2.45) is 10.2 Å². The van der Waals surface area contributed by atoms with Gasteiger partial charge in [0.2, 0.25) is 5.91 Å². The number of carbonyl (C=O) groups excluding carboxylic acids is 2. The molecule has 0 saturated carbocycles. The van der Waals surface area contributed by atoms with Crippen LogP contribution in [-0.4, -0.2) is 28.4 Å². The van der Waals surface area contributed by atoms with Gasteiger partial charge in [-0.2, -0.15) is 0 Å². The number of carbonyl (C=O) groups is 2. The van der Waals surface area contributed by atoms with Crippen molar-refractivity contribution in [1.82, 2.24) is 0 Å². The van der Waals surface area contributed by atoms with Gasteiger partial charge in [-0.3, -0.25) is 14.5 Å². The summed E-state index contributed by atoms with van der Waals surface area (Å²) >= 11 is 7.18. The number of benzene rings is 2. The Kier molecular flexibility index (Phi) is 4.03. The first-order valence-corrected chi connectivity index (χ1v) is 8.77. The molecule has 0 radical (unpaired) electrons. The van der Waals surface area contributed by atoms with Crippen molar-refractivity contribution in [3.05, 3.63) is 59.1 Å². The highest BCUT2D eigenvalue weighted by Gasteiger charge is 2.31. The second-order valence-electron chi connectivity index (χ2n) is 5.33. The third kappa shape index (κ3) is 2.92. The molecule has 2 aromatic rings. The third-order valence-electron chi connectivity index (χ3n) is 3.73. The molecule has 25 heavy (non-hydrogen) atoms. The number of halogens is 1. The highest BCUT2D eigenvalue weighted by Crippen LogP contribution is 2.28. The van der Waals surface area contributed by atoms with Crippen LogP contribution in [-0.2, 0) is 9.59 Å². The Bertz CT molecular complexity index is 940. The summed E-state index contributed by atoms with van der Waals surface area (Å²) in [7, 11) is 0. The summed E-state index contributed by atoms with van der Waals surface area (Å²) in [5.74, 6) is -0.129. The zero-order valence-electron chi connectivity index (χ0n) is 12.8. The number of rotatable bonds is 2. The van der Waals surface area contributed by atoms with Gasteiger partial charge in [-0.25, -0.2) is 0 Å². The van der Waals surface area contributed by atoms with Gasteiger partial charge < -0.3 is 5.32 Å². The third-order valence-corrected chi connectivity index (χ3v) is 4.90. The molecule has 2 heterocycles. The van der Waals surface area contributed by atoms with Gasteiger partial charge in [0.05, 0.1) is 17.1 Å². The van der Waals surface area contributed by atoms with E-state index in [-0.39, 0.29) is 23.3 Å². The van der Waals surface area contributed by atoms with Gasteiger partial charge >= 0.3 is 0 Å². The molecule has 6 nitrogen and oxygen atoms in total. The summed E-state index contributed by atoms with van der Waals surface area (Å²) in [6, 6.07) is 14.2. The number of hydrogen-bond acceptors (Lipinski definition) is 5. The molecule has 8 heteroatoms. The van der Waals surface area contributed by atoms with E-state index in [1.807, 2.05) is 12.1 Å². The lowest BCUT2D eigenvalue weighted by Crippen LogP contribution is -2.29. The average Bonchev–Trinajstić information content (AvgIpc) is 3.13. The summed E-state index contributed by atoms with van der Waals surface area (Å²) in [4.78, 5) is 25.7. The van der Waals surface area contributed by atoms with Crippen molar-refractivity contribution < 1.29 is 9.59 Å². The molecule has 0 unspecified atom stereocenters. The first-order chi connectivity index (χ1) is 12.1. The van der Waals surface area contributed by atoms with Gasteiger partial charge in [-0.1, -0.05) is 41.6 Å². The lowest BCUT2D eigenvalue weighted by molar-refractivity contribution is -0.115. The lowest BCUT2D eigenvalue weighted by Gasteiger charge is -2.15. The van der Waals surface area contributed by atoms with Crippen LogP contribution >= 0.6 is 23.4 Å². The fourth-order valence-corrected chi connectivity index (χ4v) is 3.52. The number of thioether (sulfide) groups is 1. The molecule has 0 aromatic heterocycles. The molecule has 2 aliphatic rings. The van der Waals surface area contributed by atoms with E-state index >= 15 is 0 Å². The Hall–Kier alpha value is -2.64. The summed E-state index contributed by atoms with van der Waals surface area (Å²) < 4.78 is 0. The van der Waals surface area contributed by atoms with E-state index in [0.717, 1.165) is 0 Å². The Balaban J connectivity index is 1.70. The first kappa shape index (κ1) is 15.9. The molecular weight excluding hydrogens is 360 g/mol. The highest BCUT2D eigenvalue weighted by atomic mass is 35.5. The molecule has 0 aliphatic carbocycles. The van der Waals surface area contributed by atoms with Gasteiger partial charge in [0.15, 0.2) is 10.9 Å². The lowest BCUT2D eigenvalue weighted by atomic mass is 10.1. The van der Waals surface area contributed by atoms with Gasteiger partial charge in [0.1, 0.15) is 0 Å². The molecule has 4 rings (SSSR count). The number of nitrogens with one attached hydrogen (secondary N) is 1. The van der Waals surface area contributed by atoms with E-state index in [2.05, 4.69) is 15.5 Å². The molecule has 2 amide bonds. The van der Waals surface area contributed by atoms with Crippen LogP contribution < -0.4 is 10.2 Å². The van der Waals surface area contributed by atoms with Crippen molar-refractivity contribution >= 4 is 57.4 Å². The van der Waals surface area contributed by atoms with Crippen LogP contribution in [0.25, 0.3) is 0 Å². The van der Waals surface area contributed by atoms with Crippen LogP contribution in [0.2, 0.25) is 5.02 Å². The maximum Gasteiger partial charge on any atom is 0.276 e. The van der Waals surface area contributed by atoms with Crippen molar-refractivity contribution in [1.29, 1.82) is 0 Å². The number of amides is 2. The van der Waals surface area contributed by atoms with E-state index in [4.69, 9.17) is 11.6 Å². The standard InChI is InChI=1S/C17H11ClN4O2S/c18-10-5-7-11(8-6-10)22-14(23)9-25-17(22)21-20-15-12-3-1-2-4-13(12)19-16(15)24/h1-8H,9H2,(H,19,20,24)/b21-17-. The molecule has 2 aliphatic heterocycles. The van der Waals surface area contributed by atoms with Crippen molar-refractivity contribution in [3.8, 4) is 0 Å². The molecule has 0 atom stereocenters. The first-order valence-electron chi connectivity index (χ1n) is 7.41. The van der Waals surface area contributed by atoms with Crippen LogP contribution in [0, 0.1) is 0 Å². The van der Waals surface area contributed by atoms with E-state index in [1.165, 1.54) is 16.7 Å². The number of para-hydroxylation sites is 1. The molecular formula is C17H11ClN4O2S. The molecule has 0 bridgehead atoms. The van der Waals surface area contributed by atoms with Crippen LogP contribution in [0.3, 0.4) is 0 Å². The van der Waals surface area contributed by atoms with E-state index in [9.17, 15) is 9.59 Å². The summed E-state index contributed by atoms with van der Waals surface area (Å²) in [6.45, 7) is 0. The van der Waals surface area contributed by atoms with Gasteiger partial charge in [0.25, 0.3) is 5.91 Å². The van der Waals surface area contributed by atoms with Gasteiger partial charge in [-0.05, 0) is 30.3 Å². The number of hydrogen-bond donors (Lipinski definition) is 1. The number of fused-ring (bicyclic) bond motifs is 1. The zero-order chi connectivity index (χ0) is 17.4. The minimum absolute atomic E-state index is 0.0949. The minimum atomic E-state index is -0.307. The summed E-state index contributed by atoms with van der Waals surface area (Å²) in [5, 5.41) is 12.0. The number of amidine groups is 1. The van der Waals surface area contributed by atoms with Crippen LogP contribution in [0.5, 0.6) is 0 Å². The van der Waals surface area contributed by atoms with Crippen LogP contribution in [0.4, 0.5) is 11.4 Å². The zero-order valence-corrected chi connectivity index (χ0v) is 14.3. The molecule has 1 fully saturated rings. The fraction of sp³-hybridized carbons (Fsp3) is 0.0588. The Morgan fingerprint density at radius 1 is 1.04 bits per heavy atom. The maximum atomic E-state index is 12.2. The SMILES string of the molecule is O=C1Nc2ccccc2/C1=N/N=C1\SCC(=O)N1c1ccc(Cl)cc1. The fourth-order valence-electron chi connectivity index (χ4n) is 2.57. The Morgan fingerprint density at radius 3 is 2.60 bits per heavy atom. The molecule has 1 N–H and O–H groups in total. The molecule has 124 valence electrons. The monoisotopic (exact) mass is 370 g/mol. The van der Waals surface area contributed by atoms with Gasteiger partial charge in [-0.15, -0.1) is 10.2 Å². The average molecular weight is 371 g/mol. The minimum Gasteiger partial charge on any atom is -0.320 e. The van der Waals surface area contributed by atoms with Gasteiger partial charge in [0, 0.05) is 10.6 Å². The predicted octanol–water partition coefficient (Wildman–Crippen LogP) is 3.13. The molecule has 1 saturated heterocycles. The van der Waals surface area contributed by atoms with Crippen molar-refractivity contribution in [2.75, 3.05) is 16.0 Å². The van der Waals surface area contributed by atoms with E-state index in [1.54, 1.807) is 36.4 Å². The summed E-state index contributed by atoms with van der Waals surface area (Å²) in [5.41, 5.74) is 2.30. The second-order valence-corrected chi connectivity index (χ2v) is 6.70. The number of nitrogens with zero attached hydrogens (tertiary/aromatic N) is 3. The maximum absolute atomic E-state index is 12.2. The highest BCUT2D eigenvalue weighted by molar-refractivity contribution is 8.15. The Labute approximate surface area is 152 Å². The molecule has 0 spiro atoms. The van der Waals surface area contributed by atoms with Crippen molar-refractivity contribution in [3.63, 3.8) is 0 Å². The Morgan fingerprint density at radius 2 is 1.80 bits per heavy atom. The van der Waals surface area contributed by atoms with Crippen LogP contribution in [0.1, 0.15) is 5.56 Å². The second kappa shape index (κ2) is 6.34.